The lowest BCUT2D eigenvalue weighted by atomic mass is 9.93. The van der Waals surface area contributed by atoms with Gasteiger partial charge in [-0.1, -0.05) is 12.8 Å². The molecule has 0 aromatic heterocycles. The first-order chi connectivity index (χ1) is 11.1. The number of likely N-dealkylation sites (tertiary alicyclic amines) is 1. The van der Waals surface area contributed by atoms with Crippen molar-refractivity contribution in [1.29, 1.82) is 0 Å². The van der Waals surface area contributed by atoms with Crippen LogP contribution in [0.15, 0.2) is 0 Å². The van der Waals surface area contributed by atoms with Crippen molar-refractivity contribution >= 4 is 5.91 Å². The van der Waals surface area contributed by atoms with Gasteiger partial charge in [-0.2, -0.15) is 0 Å². The molecule has 5 heteroatoms. The summed E-state index contributed by atoms with van der Waals surface area (Å²) < 4.78 is 0. The highest BCUT2D eigenvalue weighted by molar-refractivity contribution is 5.88. The third kappa shape index (κ3) is 3.63. The van der Waals surface area contributed by atoms with Gasteiger partial charge in [0, 0.05) is 26.2 Å². The van der Waals surface area contributed by atoms with E-state index in [1.54, 1.807) is 0 Å². The topological polar surface area (TPSA) is 55.8 Å². The lowest BCUT2D eigenvalue weighted by Crippen LogP contribution is -2.61. The average Bonchev–Trinajstić information content (AvgIpc) is 3.03. The molecule has 24 heavy (non-hydrogen) atoms. The summed E-state index contributed by atoms with van der Waals surface area (Å²) in [6, 6.07) is 0. The van der Waals surface area contributed by atoms with E-state index in [2.05, 4.69) is 15.1 Å². The van der Waals surface area contributed by atoms with Crippen molar-refractivity contribution in [3.63, 3.8) is 0 Å². The fourth-order valence-corrected chi connectivity index (χ4v) is 4.97. The second kappa shape index (κ2) is 6.26. The number of carbonyl (C=O) groups is 1. The molecular weight excluding hydrogens is 302 g/mol. The van der Waals surface area contributed by atoms with Crippen molar-refractivity contribution in [2.24, 2.45) is 5.92 Å². The zero-order valence-electron chi connectivity index (χ0n) is 15.9. The van der Waals surface area contributed by atoms with Crippen molar-refractivity contribution in [2.75, 3.05) is 26.2 Å². The van der Waals surface area contributed by atoms with Gasteiger partial charge in [0.25, 0.3) is 0 Å². The Bertz CT molecular complexity index is 469. The molecule has 0 unspecified atom stereocenters. The number of hydrogen-bond acceptors (Lipinski definition) is 4. The predicted molar refractivity (Wildman–Crippen MR) is 95.6 cm³/mol. The summed E-state index contributed by atoms with van der Waals surface area (Å²) in [6.45, 7) is 11.3. The molecule has 2 N–H and O–H groups in total. The molecule has 1 aliphatic carbocycles. The number of nitrogens with zero attached hydrogens (tertiary/aromatic N) is 2. The molecule has 0 bridgehead atoms. The number of aliphatic hydroxyl groups is 1. The Labute approximate surface area is 146 Å². The highest BCUT2D eigenvalue weighted by Crippen LogP contribution is 2.38. The highest BCUT2D eigenvalue weighted by atomic mass is 16.3. The van der Waals surface area contributed by atoms with Crippen LogP contribution in [0.4, 0.5) is 0 Å². The molecule has 1 spiro atoms. The maximum Gasteiger partial charge on any atom is 0.243 e. The summed E-state index contributed by atoms with van der Waals surface area (Å²) in [6.07, 6.45) is 7.07. The van der Waals surface area contributed by atoms with Gasteiger partial charge in [0.05, 0.1) is 16.8 Å². The molecule has 0 aromatic rings. The zero-order valence-corrected chi connectivity index (χ0v) is 15.9. The molecular formula is C19H35N3O2. The molecule has 138 valence electrons. The first-order valence-electron chi connectivity index (χ1n) is 9.68. The number of nitrogens with one attached hydrogen (secondary N) is 1. The molecule has 0 aromatic carbocycles. The van der Waals surface area contributed by atoms with Crippen molar-refractivity contribution in [3.05, 3.63) is 0 Å². The van der Waals surface area contributed by atoms with Crippen LogP contribution in [0.25, 0.3) is 0 Å². The fraction of sp³-hybridized carbons (Fsp3) is 0.947. The van der Waals surface area contributed by atoms with Gasteiger partial charge in [0.1, 0.15) is 0 Å². The third-order valence-corrected chi connectivity index (χ3v) is 6.05. The minimum Gasteiger partial charge on any atom is -0.389 e. The van der Waals surface area contributed by atoms with Gasteiger partial charge in [-0.3, -0.25) is 10.1 Å². The Balaban J connectivity index is 1.71. The summed E-state index contributed by atoms with van der Waals surface area (Å²) in [5.41, 5.74) is -1.30. The summed E-state index contributed by atoms with van der Waals surface area (Å²) in [7, 11) is 0. The largest absolute Gasteiger partial charge is 0.389 e. The van der Waals surface area contributed by atoms with Crippen LogP contribution in [0.3, 0.4) is 0 Å². The number of hydrogen-bond donors (Lipinski definition) is 2. The van der Waals surface area contributed by atoms with Crippen LogP contribution in [-0.2, 0) is 4.79 Å². The van der Waals surface area contributed by atoms with E-state index >= 15 is 0 Å². The quantitative estimate of drug-likeness (QED) is 0.823. The summed E-state index contributed by atoms with van der Waals surface area (Å²) in [5, 5.41) is 13.8. The lowest BCUT2D eigenvalue weighted by Gasteiger charge is -2.46. The van der Waals surface area contributed by atoms with E-state index in [9.17, 15) is 9.90 Å². The van der Waals surface area contributed by atoms with Gasteiger partial charge < -0.3 is 14.9 Å². The van der Waals surface area contributed by atoms with Crippen LogP contribution < -0.4 is 5.32 Å². The van der Waals surface area contributed by atoms with E-state index in [1.807, 2.05) is 27.7 Å². The third-order valence-electron chi connectivity index (χ3n) is 6.05. The predicted octanol–water partition coefficient (Wildman–Crippen LogP) is 1.95. The maximum atomic E-state index is 13.0. The number of β-amino-alcohol motifs (C(OH)–C–C–N with tert-alkyl or cyclic N) is 1. The van der Waals surface area contributed by atoms with Crippen molar-refractivity contribution in [3.8, 4) is 0 Å². The average molecular weight is 338 g/mol. The van der Waals surface area contributed by atoms with Gasteiger partial charge in [-0.25, -0.2) is 0 Å². The monoisotopic (exact) mass is 337 g/mol. The van der Waals surface area contributed by atoms with Crippen LogP contribution in [-0.4, -0.2) is 63.8 Å². The first kappa shape index (κ1) is 18.2. The molecule has 2 saturated heterocycles. The zero-order chi connectivity index (χ0) is 17.6. The minimum atomic E-state index is -0.660. The van der Waals surface area contributed by atoms with E-state index in [1.165, 1.54) is 25.7 Å². The molecule has 3 fully saturated rings. The Kier molecular flexibility index (Phi) is 4.73. The Morgan fingerprint density at radius 3 is 2.33 bits per heavy atom. The van der Waals surface area contributed by atoms with Gasteiger partial charge in [-0.05, 0) is 59.3 Å². The van der Waals surface area contributed by atoms with E-state index in [0.29, 0.717) is 12.5 Å². The van der Waals surface area contributed by atoms with Crippen molar-refractivity contribution in [1.82, 2.24) is 15.1 Å². The second-order valence-electron chi connectivity index (χ2n) is 9.44. The van der Waals surface area contributed by atoms with Crippen molar-refractivity contribution in [2.45, 2.75) is 83.0 Å². The smallest absolute Gasteiger partial charge is 0.243 e. The van der Waals surface area contributed by atoms with E-state index in [0.717, 1.165) is 32.5 Å². The molecule has 2 aliphatic heterocycles. The molecule has 1 amide bonds. The van der Waals surface area contributed by atoms with E-state index < -0.39 is 11.1 Å². The Morgan fingerprint density at radius 1 is 1.21 bits per heavy atom. The number of rotatable bonds is 4. The van der Waals surface area contributed by atoms with Gasteiger partial charge in [0.15, 0.2) is 0 Å². The molecule has 0 radical (unpaired) electrons. The van der Waals surface area contributed by atoms with Crippen LogP contribution >= 0.6 is 0 Å². The van der Waals surface area contributed by atoms with Gasteiger partial charge in [0.2, 0.25) is 5.91 Å². The van der Waals surface area contributed by atoms with E-state index in [-0.39, 0.29) is 11.6 Å². The van der Waals surface area contributed by atoms with Crippen LogP contribution in [0.1, 0.15) is 66.2 Å². The molecule has 1 saturated carbocycles. The molecule has 2 heterocycles. The van der Waals surface area contributed by atoms with Gasteiger partial charge >= 0.3 is 0 Å². The summed E-state index contributed by atoms with van der Waals surface area (Å²) in [4.78, 5) is 17.5. The fourth-order valence-electron chi connectivity index (χ4n) is 4.97. The summed E-state index contributed by atoms with van der Waals surface area (Å²) >= 11 is 0. The van der Waals surface area contributed by atoms with Crippen LogP contribution in [0.5, 0.6) is 0 Å². The Hall–Kier alpha value is -0.650. The maximum absolute atomic E-state index is 13.0. The number of carbonyl (C=O) groups excluding carboxylic acids is 1. The minimum absolute atomic E-state index is 0.181. The number of piperidine rings is 1. The second-order valence-corrected chi connectivity index (χ2v) is 9.44. The molecule has 5 nitrogen and oxygen atoms in total. The molecule has 3 rings (SSSR count). The summed E-state index contributed by atoms with van der Waals surface area (Å²) in [5.74, 6) is 0.946. The van der Waals surface area contributed by atoms with Gasteiger partial charge in [-0.15, -0.1) is 0 Å². The standard InChI is InChI=1S/C19H35N3O2/c1-17(2,24)14-21-11-9-19(10-12-21)20-18(3,4)16(23)22(19)13-15-7-5-6-8-15/h15,20,24H,5-14H2,1-4H3. The normalized spacial score (nSPS) is 28.2. The SMILES string of the molecule is CC(C)(O)CN1CCC2(CC1)NC(C)(C)C(=O)N2CC1CCCC1. The highest BCUT2D eigenvalue weighted by Gasteiger charge is 2.55. The number of amides is 1. The van der Waals surface area contributed by atoms with Crippen LogP contribution in [0.2, 0.25) is 0 Å². The first-order valence-corrected chi connectivity index (χ1v) is 9.68. The Morgan fingerprint density at radius 2 is 1.79 bits per heavy atom. The van der Waals surface area contributed by atoms with Crippen molar-refractivity contribution < 1.29 is 9.90 Å². The van der Waals surface area contributed by atoms with Crippen LogP contribution in [0, 0.1) is 5.92 Å². The molecule has 0 atom stereocenters. The lowest BCUT2D eigenvalue weighted by molar-refractivity contribution is -0.136. The molecule has 3 aliphatic rings. The van der Waals surface area contributed by atoms with E-state index in [4.69, 9.17) is 0 Å².